The van der Waals surface area contributed by atoms with Crippen LogP contribution in [0.2, 0.25) is 0 Å². The molecule has 0 unspecified atom stereocenters. The Morgan fingerprint density at radius 1 is 1.53 bits per heavy atom. The summed E-state index contributed by atoms with van der Waals surface area (Å²) in [5, 5.41) is 19.5. The first-order valence-electron chi connectivity index (χ1n) is 6.86. The van der Waals surface area contributed by atoms with Gasteiger partial charge in [0.15, 0.2) is 0 Å². The third-order valence-electron chi connectivity index (χ3n) is 4.13. The Hall–Kier alpha value is -1.13. The standard InChI is InChI=1S/C15H22O4/c1-8-6-14-12(10(3)15(18)19-14)5-4-11(8)13(17)7-9(2)16/h4,8-9,12-14,16-17H,3,5-7H2,1-2H3/t8-,9-,12+,13-,14+/m1/s1. The maximum Gasteiger partial charge on any atom is 0.334 e. The van der Waals surface area contributed by atoms with E-state index in [-0.39, 0.29) is 23.9 Å². The van der Waals surface area contributed by atoms with Gasteiger partial charge in [-0.05, 0) is 31.3 Å². The van der Waals surface area contributed by atoms with Crippen molar-refractivity contribution in [2.45, 2.75) is 51.4 Å². The molecule has 2 rings (SSSR count). The molecule has 1 aliphatic carbocycles. The van der Waals surface area contributed by atoms with Gasteiger partial charge in [-0.1, -0.05) is 19.6 Å². The number of carbonyl (C=O) groups is 1. The lowest BCUT2D eigenvalue weighted by Gasteiger charge is -2.22. The Bertz CT molecular complexity index is 410. The lowest BCUT2D eigenvalue weighted by atomic mass is 9.89. The van der Waals surface area contributed by atoms with E-state index in [0.717, 1.165) is 5.57 Å². The SMILES string of the molecule is C=C1C(=O)O[C@H]2C[C@@H](C)C([C@H](O)C[C@@H](C)O)=CC[C@@H]12. The molecule has 0 radical (unpaired) electrons. The molecule has 0 spiro atoms. The zero-order valence-corrected chi connectivity index (χ0v) is 11.5. The summed E-state index contributed by atoms with van der Waals surface area (Å²) in [7, 11) is 0. The van der Waals surface area contributed by atoms with E-state index in [1.165, 1.54) is 0 Å². The van der Waals surface area contributed by atoms with E-state index in [9.17, 15) is 15.0 Å². The highest BCUT2D eigenvalue weighted by atomic mass is 16.6. The van der Waals surface area contributed by atoms with Crippen molar-refractivity contribution >= 4 is 5.97 Å². The van der Waals surface area contributed by atoms with Gasteiger partial charge in [-0.15, -0.1) is 0 Å². The molecule has 0 amide bonds. The molecule has 1 fully saturated rings. The molecule has 19 heavy (non-hydrogen) atoms. The fourth-order valence-electron chi connectivity index (χ4n) is 3.05. The molecular weight excluding hydrogens is 244 g/mol. The van der Waals surface area contributed by atoms with Crippen molar-refractivity contribution in [1.29, 1.82) is 0 Å². The lowest BCUT2D eigenvalue weighted by Crippen LogP contribution is -2.23. The number of aliphatic hydroxyl groups is 2. The fourth-order valence-corrected chi connectivity index (χ4v) is 3.05. The Morgan fingerprint density at radius 3 is 2.84 bits per heavy atom. The molecular formula is C15H22O4. The number of allylic oxidation sites excluding steroid dienone is 1. The largest absolute Gasteiger partial charge is 0.458 e. The summed E-state index contributed by atoms with van der Waals surface area (Å²) in [5.41, 5.74) is 1.49. The Morgan fingerprint density at radius 2 is 2.21 bits per heavy atom. The van der Waals surface area contributed by atoms with Gasteiger partial charge in [0.2, 0.25) is 0 Å². The molecule has 0 bridgehead atoms. The molecule has 0 aromatic rings. The maximum atomic E-state index is 11.5. The van der Waals surface area contributed by atoms with Gasteiger partial charge < -0.3 is 14.9 Å². The monoisotopic (exact) mass is 266 g/mol. The van der Waals surface area contributed by atoms with E-state index in [2.05, 4.69) is 6.58 Å². The van der Waals surface area contributed by atoms with Crippen molar-refractivity contribution in [3.05, 3.63) is 23.8 Å². The van der Waals surface area contributed by atoms with Crippen molar-refractivity contribution in [2.24, 2.45) is 11.8 Å². The molecule has 5 atom stereocenters. The van der Waals surface area contributed by atoms with Crippen LogP contribution in [0.4, 0.5) is 0 Å². The van der Waals surface area contributed by atoms with Gasteiger partial charge in [0.25, 0.3) is 0 Å². The van der Waals surface area contributed by atoms with Gasteiger partial charge in [-0.2, -0.15) is 0 Å². The van der Waals surface area contributed by atoms with Crippen LogP contribution < -0.4 is 0 Å². The van der Waals surface area contributed by atoms with Crippen LogP contribution in [0.25, 0.3) is 0 Å². The molecule has 1 aliphatic heterocycles. The molecule has 2 N–H and O–H groups in total. The Labute approximate surface area is 113 Å². The average molecular weight is 266 g/mol. The minimum Gasteiger partial charge on any atom is -0.458 e. The second kappa shape index (κ2) is 5.47. The normalized spacial score (nSPS) is 34.1. The molecule has 0 aromatic heterocycles. The van der Waals surface area contributed by atoms with E-state index in [4.69, 9.17) is 4.74 Å². The summed E-state index contributed by atoms with van der Waals surface area (Å²) in [5.74, 6) is -0.114. The first kappa shape index (κ1) is 14.3. The number of rotatable bonds is 3. The highest BCUT2D eigenvalue weighted by Gasteiger charge is 2.41. The van der Waals surface area contributed by atoms with Gasteiger partial charge >= 0.3 is 5.97 Å². The van der Waals surface area contributed by atoms with Crippen LogP contribution in [0.5, 0.6) is 0 Å². The summed E-state index contributed by atoms with van der Waals surface area (Å²) in [6.07, 6.45) is 2.44. The van der Waals surface area contributed by atoms with Gasteiger partial charge in [-0.25, -0.2) is 4.79 Å². The van der Waals surface area contributed by atoms with Crippen LogP contribution in [0, 0.1) is 11.8 Å². The highest BCUT2D eigenvalue weighted by molar-refractivity contribution is 5.90. The Kier molecular flexibility index (Phi) is 4.11. The van der Waals surface area contributed by atoms with Crippen molar-refractivity contribution in [3.63, 3.8) is 0 Å². The first-order valence-corrected chi connectivity index (χ1v) is 6.86. The molecule has 0 aromatic carbocycles. The predicted molar refractivity (Wildman–Crippen MR) is 71.3 cm³/mol. The van der Waals surface area contributed by atoms with Gasteiger partial charge in [0, 0.05) is 17.9 Å². The van der Waals surface area contributed by atoms with Gasteiger partial charge in [0.1, 0.15) is 6.10 Å². The molecule has 1 saturated heterocycles. The van der Waals surface area contributed by atoms with Gasteiger partial charge in [0.05, 0.1) is 12.2 Å². The number of carbonyl (C=O) groups excluding carboxylic acids is 1. The second-order valence-electron chi connectivity index (χ2n) is 5.75. The molecule has 106 valence electrons. The predicted octanol–water partition coefficient (Wildman–Crippen LogP) is 1.57. The fraction of sp³-hybridized carbons (Fsp3) is 0.667. The van der Waals surface area contributed by atoms with E-state index >= 15 is 0 Å². The number of hydrogen-bond acceptors (Lipinski definition) is 4. The third-order valence-corrected chi connectivity index (χ3v) is 4.13. The lowest BCUT2D eigenvalue weighted by molar-refractivity contribution is -0.139. The summed E-state index contributed by atoms with van der Waals surface area (Å²) < 4.78 is 5.33. The highest BCUT2D eigenvalue weighted by Crippen LogP contribution is 2.39. The maximum absolute atomic E-state index is 11.5. The van der Waals surface area contributed by atoms with Crippen molar-refractivity contribution in [3.8, 4) is 0 Å². The van der Waals surface area contributed by atoms with Crippen LogP contribution >= 0.6 is 0 Å². The number of aliphatic hydroxyl groups excluding tert-OH is 2. The third kappa shape index (κ3) is 2.90. The second-order valence-corrected chi connectivity index (χ2v) is 5.75. The van der Waals surface area contributed by atoms with E-state index in [0.29, 0.717) is 24.8 Å². The summed E-state index contributed by atoms with van der Waals surface area (Å²) in [4.78, 5) is 11.5. The number of fused-ring (bicyclic) bond motifs is 1. The zero-order valence-electron chi connectivity index (χ0n) is 11.5. The topological polar surface area (TPSA) is 66.8 Å². The van der Waals surface area contributed by atoms with E-state index in [1.807, 2.05) is 13.0 Å². The van der Waals surface area contributed by atoms with Crippen LogP contribution in [-0.2, 0) is 9.53 Å². The van der Waals surface area contributed by atoms with E-state index < -0.39 is 12.2 Å². The minimum atomic E-state index is -0.627. The molecule has 1 heterocycles. The molecule has 4 heteroatoms. The van der Waals surface area contributed by atoms with Crippen molar-refractivity contribution < 1.29 is 19.7 Å². The Balaban J connectivity index is 2.13. The minimum absolute atomic E-state index is 0.0335. The number of ether oxygens (including phenoxy) is 1. The van der Waals surface area contributed by atoms with Gasteiger partial charge in [-0.3, -0.25) is 0 Å². The first-order chi connectivity index (χ1) is 8.90. The average Bonchev–Trinajstić information content (AvgIpc) is 2.47. The summed E-state index contributed by atoms with van der Waals surface area (Å²) >= 11 is 0. The zero-order chi connectivity index (χ0) is 14.2. The smallest absolute Gasteiger partial charge is 0.334 e. The summed E-state index contributed by atoms with van der Waals surface area (Å²) in [6.45, 7) is 7.49. The molecule has 4 nitrogen and oxygen atoms in total. The molecule has 0 saturated carbocycles. The van der Waals surface area contributed by atoms with Crippen LogP contribution in [0.1, 0.15) is 33.1 Å². The molecule has 2 aliphatic rings. The van der Waals surface area contributed by atoms with Crippen molar-refractivity contribution in [1.82, 2.24) is 0 Å². The van der Waals surface area contributed by atoms with Crippen LogP contribution in [-0.4, -0.2) is 34.5 Å². The van der Waals surface area contributed by atoms with Crippen LogP contribution in [0.3, 0.4) is 0 Å². The van der Waals surface area contributed by atoms with E-state index in [1.54, 1.807) is 6.92 Å². The van der Waals surface area contributed by atoms with Crippen molar-refractivity contribution in [2.75, 3.05) is 0 Å². The number of esters is 1. The van der Waals surface area contributed by atoms with Crippen LogP contribution in [0.15, 0.2) is 23.8 Å². The quantitative estimate of drug-likeness (QED) is 0.462. The summed E-state index contributed by atoms with van der Waals surface area (Å²) in [6, 6.07) is 0. The number of hydrogen-bond donors (Lipinski definition) is 2.